The molecule has 0 saturated heterocycles. The van der Waals surface area contributed by atoms with Crippen molar-refractivity contribution < 1.29 is 23.8 Å². The monoisotopic (exact) mass is 398 g/mol. The summed E-state index contributed by atoms with van der Waals surface area (Å²) in [7, 11) is 0. The topological polar surface area (TPSA) is 61.8 Å². The zero-order chi connectivity index (χ0) is 20.9. The van der Waals surface area contributed by atoms with Gasteiger partial charge in [0.2, 0.25) is 0 Å². The molecule has 148 valence electrons. The molecule has 1 aliphatic rings. The Balaban J connectivity index is 1.57. The summed E-state index contributed by atoms with van der Waals surface area (Å²) in [5.41, 5.74) is 2.64. The molecule has 5 nitrogen and oxygen atoms in total. The summed E-state index contributed by atoms with van der Waals surface area (Å²) in [6.07, 6.45) is 3.15. The van der Waals surface area contributed by atoms with Gasteiger partial charge in [0.25, 0.3) is 0 Å². The third-order valence-corrected chi connectivity index (χ3v) is 4.37. The van der Waals surface area contributed by atoms with Gasteiger partial charge in [-0.25, -0.2) is 4.79 Å². The van der Waals surface area contributed by atoms with Gasteiger partial charge in [-0.05, 0) is 53.6 Å². The zero-order valence-corrected chi connectivity index (χ0v) is 16.2. The number of esters is 2. The molecule has 0 N–H and O–H groups in total. The van der Waals surface area contributed by atoms with E-state index in [2.05, 4.69) is 0 Å². The Morgan fingerprint density at radius 3 is 2.30 bits per heavy atom. The minimum atomic E-state index is -0.437. The summed E-state index contributed by atoms with van der Waals surface area (Å²) in [6, 6.07) is 23.9. The fourth-order valence-electron chi connectivity index (χ4n) is 3.04. The van der Waals surface area contributed by atoms with Gasteiger partial charge in [-0.2, -0.15) is 0 Å². The van der Waals surface area contributed by atoms with Crippen LogP contribution in [0.3, 0.4) is 0 Å². The fraction of sp³-hybridized carbons (Fsp3) is 0.0400. The quantitative estimate of drug-likeness (QED) is 0.328. The Hall–Kier alpha value is -4.12. The lowest BCUT2D eigenvalue weighted by Gasteiger charge is -2.08. The summed E-state index contributed by atoms with van der Waals surface area (Å²) in [4.78, 5) is 23.5. The first-order valence-corrected chi connectivity index (χ1v) is 9.33. The highest BCUT2D eigenvalue weighted by Crippen LogP contribution is 2.33. The van der Waals surface area contributed by atoms with Crippen LogP contribution in [0.4, 0.5) is 0 Å². The molecule has 0 spiro atoms. The molecule has 30 heavy (non-hydrogen) atoms. The lowest BCUT2D eigenvalue weighted by atomic mass is 9.98. The molecule has 0 unspecified atom stereocenters. The number of rotatable bonds is 5. The Morgan fingerprint density at radius 2 is 1.57 bits per heavy atom. The van der Waals surface area contributed by atoms with E-state index in [0.29, 0.717) is 22.6 Å². The van der Waals surface area contributed by atoms with E-state index in [0.717, 1.165) is 16.9 Å². The Kier molecular flexibility index (Phi) is 5.44. The standard InChI is InChI=1S/C25H18O5/c1-17(26)29-22-9-5-6-18(14-22)15-23-24(16-28-25(23)27)19-10-12-21(13-11-19)30-20-7-3-2-4-8-20/h2-16H,1H3/b23-15+. The Labute approximate surface area is 173 Å². The SMILES string of the molecule is CC(=O)Oc1cccc(/C=C2/C(=O)OC=C2c2ccc(Oc3ccccc3)cc2)c1. The first kappa shape index (κ1) is 19.2. The lowest BCUT2D eigenvalue weighted by molar-refractivity contribution is -0.132. The van der Waals surface area contributed by atoms with Crippen LogP contribution in [-0.2, 0) is 14.3 Å². The van der Waals surface area contributed by atoms with Crippen LogP contribution in [0.15, 0.2) is 90.7 Å². The minimum absolute atomic E-state index is 0.404. The number of hydrogen-bond acceptors (Lipinski definition) is 5. The van der Waals surface area contributed by atoms with Crippen molar-refractivity contribution in [3.63, 3.8) is 0 Å². The van der Waals surface area contributed by atoms with E-state index in [9.17, 15) is 9.59 Å². The molecular weight excluding hydrogens is 380 g/mol. The first-order valence-electron chi connectivity index (χ1n) is 9.33. The van der Waals surface area contributed by atoms with Gasteiger partial charge in [0, 0.05) is 12.5 Å². The minimum Gasteiger partial charge on any atom is -0.457 e. The van der Waals surface area contributed by atoms with Crippen LogP contribution in [0.25, 0.3) is 11.6 Å². The van der Waals surface area contributed by atoms with Crippen molar-refractivity contribution in [3.05, 3.63) is 102 Å². The fourth-order valence-corrected chi connectivity index (χ4v) is 3.04. The summed E-state index contributed by atoms with van der Waals surface area (Å²) < 4.78 is 16.1. The van der Waals surface area contributed by atoms with Gasteiger partial charge in [0.15, 0.2) is 0 Å². The van der Waals surface area contributed by atoms with E-state index < -0.39 is 11.9 Å². The number of carbonyl (C=O) groups is 2. The Morgan fingerprint density at radius 1 is 0.867 bits per heavy atom. The van der Waals surface area contributed by atoms with Crippen molar-refractivity contribution in [2.45, 2.75) is 6.92 Å². The number of carbonyl (C=O) groups excluding carboxylic acids is 2. The van der Waals surface area contributed by atoms with E-state index in [1.807, 2.05) is 60.7 Å². The maximum absolute atomic E-state index is 12.3. The predicted octanol–water partition coefficient (Wildman–Crippen LogP) is 5.39. The molecule has 0 saturated carbocycles. The predicted molar refractivity (Wildman–Crippen MR) is 113 cm³/mol. The van der Waals surface area contributed by atoms with Gasteiger partial charge in [0.1, 0.15) is 23.5 Å². The van der Waals surface area contributed by atoms with E-state index in [1.165, 1.54) is 13.2 Å². The van der Waals surface area contributed by atoms with Gasteiger partial charge in [-0.15, -0.1) is 0 Å². The van der Waals surface area contributed by atoms with E-state index in [4.69, 9.17) is 14.2 Å². The van der Waals surface area contributed by atoms with Crippen LogP contribution in [0.5, 0.6) is 17.2 Å². The van der Waals surface area contributed by atoms with Crippen molar-refractivity contribution in [2.24, 2.45) is 0 Å². The normalized spacial score (nSPS) is 14.2. The second-order valence-corrected chi connectivity index (χ2v) is 6.60. The largest absolute Gasteiger partial charge is 0.457 e. The van der Waals surface area contributed by atoms with Crippen LogP contribution in [0, 0.1) is 0 Å². The molecule has 5 heteroatoms. The summed E-state index contributed by atoms with van der Waals surface area (Å²) in [5.74, 6) is 1.01. The van der Waals surface area contributed by atoms with E-state index >= 15 is 0 Å². The van der Waals surface area contributed by atoms with Gasteiger partial charge in [-0.3, -0.25) is 4.79 Å². The molecular formula is C25H18O5. The second kappa shape index (κ2) is 8.49. The number of hydrogen-bond donors (Lipinski definition) is 0. The molecule has 1 heterocycles. The molecule has 0 radical (unpaired) electrons. The van der Waals surface area contributed by atoms with Crippen LogP contribution >= 0.6 is 0 Å². The molecule has 0 atom stereocenters. The highest BCUT2D eigenvalue weighted by atomic mass is 16.5. The van der Waals surface area contributed by atoms with Gasteiger partial charge >= 0.3 is 11.9 Å². The maximum Gasteiger partial charge on any atom is 0.343 e. The molecule has 0 aliphatic carbocycles. The number of cyclic esters (lactones) is 1. The molecule has 4 rings (SSSR count). The summed E-state index contributed by atoms with van der Waals surface area (Å²) >= 11 is 0. The number of para-hydroxylation sites is 1. The molecule has 0 bridgehead atoms. The summed E-state index contributed by atoms with van der Waals surface area (Å²) in [5, 5.41) is 0. The summed E-state index contributed by atoms with van der Waals surface area (Å²) in [6.45, 7) is 1.34. The van der Waals surface area contributed by atoms with Crippen LogP contribution < -0.4 is 9.47 Å². The smallest absolute Gasteiger partial charge is 0.343 e. The van der Waals surface area contributed by atoms with Crippen molar-refractivity contribution >= 4 is 23.6 Å². The number of ether oxygens (including phenoxy) is 3. The highest BCUT2D eigenvalue weighted by molar-refractivity contribution is 6.13. The van der Waals surface area contributed by atoms with Crippen molar-refractivity contribution in [3.8, 4) is 17.2 Å². The molecule has 0 amide bonds. The highest BCUT2D eigenvalue weighted by Gasteiger charge is 2.24. The van der Waals surface area contributed by atoms with Gasteiger partial charge < -0.3 is 14.2 Å². The van der Waals surface area contributed by atoms with Crippen LogP contribution in [0.2, 0.25) is 0 Å². The van der Waals surface area contributed by atoms with Crippen LogP contribution in [-0.4, -0.2) is 11.9 Å². The third-order valence-electron chi connectivity index (χ3n) is 4.37. The second-order valence-electron chi connectivity index (χ2n) is 6.60. The van der Waals surface area contributed by atoms with Crippen LogP contribution in [0.1, 0.15) is 18.1 Å². The van der Waals surface area contributed by atoms with Crippen molar-refractivity contribution in [1.29, 1.82) is 0 Å². The zero-order valence-electron chi connectivity index (χ0n) is 16.2. The van der Waals surface area contributed by atoms with Crippen molar-refractivity contribution in [1.82, 2.24) is 0 Å². The van der Waals surface area contributed by atoms with Crippen molar-refractivity contribution in [2.75, 3.05) is 0 Å². The maximum atomic E-state index is 12.3. The molecule has 3 aromatic rings. The first-order chi connectivity index (χ1) is 14.6. The number of benzene rings is 3. The van der Waals surface area contributed by atoms with Gasteiger partial charge in [-0.1, -0.05) is 42.5 Å². The van der Waals surface area contributed by atoms with Gasteiger partial charge in [0.05, 0.1) is 5.57 Å². The lowest BCUT2D eigenvalue weighted by Crippen LogP contribution is -2.01. The molecule has 1 aliphatic heterocycles. The van der Waals surface area contributed by atoms with E-state index in [-0.39, 0.29) is 0 Å². The Bertz CT molecular complexity index is 1140. The third kappa shape index (κ3) is 4.47. The molecule has 3 aromatic carbocycles. The average molecular weight is 398 g/mol. The molecule has 0 fully saturated rings. The molecule has 0 aromatic heterocycles. The van der Waals surface area contributed by atoms with E-state index in [1.54, 1.807) is 24.3 Å². The average Bonchev–Trinajstić information content (AvgIpc) is 3.09.